The molecule has 2 aromatic heterocycles. The number of rotatable bonds is 1. The van der Waals surface area contributed by atoms with Crippen LogP contribution in [0.15, 0.2) is 24.7 Å². The molecule has 0 saturated carbocycles. The summed E-state index contributed by atoms with van der Waals surface area (Å²) in [6, 6.07) is 1.98. The lowest BCUT2D eigenvalue weighted by atomic mass is 10.2. The van der Waals surface area contributed by atoms with E-state index in [0.29, 0.717) is 0 Å². The average molecular weight is 231 g/mol. The molecule has 0 radical (unpaired) electrons. The first-order valence-electron chi connectivity index (χ1n) is 5.55. The van der Waals surface area contributed by atoms with E-state index in [1.165, 1.54) is 0 Å². The third-order valence-corrected chi connectivity index (χ3v) is 2.89. The summed E-state index contributed by atoms with van der Waals surface area (Å²) in [5.41, 5.74) is 1.81. The van der Waals surface area contributed by atoms with Gasteiger partial charge in [0.1, 0.15) is 6.33 Å². The molecule has 0 saturated heterocycles. The van der Waals surface area contributed by atoms with Gasteiger partial charge in [0.25, 0.3) is 0 Å². The van der Waals surface area contributed by atoms with E-state index < -0.39 is 0 Å². The Bertz CT molecular complexity index is 576. The molecule has 6 nitrogen and oxygen atoms in total. The van der Waals surface area contributed by atoms with Crippen LogP contribution in [-0.4, -0.2) is 37.6 Å². The van der Waals surface area contributed by atoms with E-state index in [1.807, 2.05) is 24.1 Å². The fraction of sp³-hybridized carbons (Fsp3) is 0.364. The number of aliphatic hydroxyl groups excluding tert-OH is 1. The number of hydrogen-bond acceptors (Lipinski definition) is 5. The molecule has 3 heterocycles. The number of aliphatic hydroxyl groups is 1. The normalized spacial score (nSPS) is 20.1. The highest BCUT2D eigenvalue weighted by molar-refractivity contribution is 5.53. The highest BCUT2D eigenvalue weighted by Crippen LogP contribution is 2.18. The SMILES string of the molecule is Cc1cc(N2C=CC(O)CC2)nn2cnnc12. The first-order valence-corrected chi connectivity index (χ1v) is 5.55. The van der Waals surface area contributed by atoms with Gasteiger partial charge < -0.3 is 10.0 Å². The summed E-state index contributed by atoms with van der Waals surface area (Å²) >= 11 is 0. The molecule has 2 aromatic rings. The van der Waals surface area contributed by atoms with Crippen LogP contribution < -0.4 is 4.90 Å². The molecule has 1 unspecified atom stereocenters. The van der Waals surface area contributed by atoms with E-state index in [-0.39, 0.29) is 6.10 Å². The molecule has 0 aromatic carbocycles. The van der Waals surface area contributed by atoms with E-state index in [1.54, 1.807) is 16.9 Å². The molecular formula is C11H13N5O. The summed E-state index contributed by atoms with van der Waals surface area (Å²) < 4.78 is 1.67. The number of anilines is 1. The molecule has 1 aliphatic rings. The molecular weight excluding hydrogens is 218 g/mol. The Morgan fingerprint density at radius 1 is 1.47 bits per heavy atom. The molecule has 1 N–H and O–H groups in total. The second-order valence-electron chi connectivity index (χ2n) is 4.18. The van der Waals surface area contributed by atoms with Crippen LogP contribution in [0, 0.1) is 6.92 Å². The van der Waals surface area contributed by atoms with Crippen LogP contribution in [0.5, 0.6) is 0 Å². The van der Waals surface area contributed by atoms with Crippen molar-refractivity contribution in [2.24, 2.45) is 0 Å². The van der Waals surface area contributed by atoms with Crippen molar-refractivity contribution >= 4 is 11.5 Å². The maximum Gasteiger partial charge on any atom is 0.180 e. The maximum atomic E-state index is 9.41. The van der Waals surface area contributed by atoms with Crippen molar-refractivity contribution in [2.75, 3.05) is 11.4 Å². The van der Waals surface area contributed by atoms with E-state index in [2.05, 4.69) is 15.3 Å². The van der Waals surface area contributed by atoms with E-state index in [4.69, 9.17) is 0 Å². The molecule has 0 fully saturated rings. The minimum Gasteiger partial charge on any atom is -0.389 e. The number of aryl methyl sites for hydroxylation is 1. The Morgan fingerprint density at radius 3 is 3.12 bits per heavy atom. The lowest BCUT2D eigenvalue weighted by Gasteiger charge is -2.24. The van der Waals surface area contributed by atoms with Gasteiger partial charge in [-0.05, 0) is 31.1 Å². The van der Waals surface area contributed by atoms with Crippen LogP contribution in [0.3, 0.4) is 0 Å². The van der Waals surface area contributed by atoms with E-state index in [9.17, 15) is 5.11 Å². The van der Waals surface area contributed by atoms with Crippen LogP contribution in [0.2, 0.25) is 0 Å². The minimum atomic E-state index is -0.342. The predicted molar refractivity (Wildman–Crippen MR) is 62.6 cm³/mol. The topological polar surface area (TPSA) is 66.5 Å². The van der Waals surface area contributed by atoms with Crippen molar-refractivity contribution in [1.82, 2.24) is 19.8 Å². The number of aromatic nitrogens is 4. The summed E-state index contributed by atoms with van der Waals surface area (Å²) in [5, 5.41) is 21.7. The fourth-order valence-electron chi connectivity index (χ4n) is 1.94. The van der Waals surface area contributed by atoms with Gasteiger partial charge in [0, 0.05) is 12.7 Å². The highest BCUT2D eigenvalue weighted by Gasteiger charge is 2.14. The first kappa shape index (κ1) is 10.2. The quantitative estimate of drug-likeness (QED) is 0.775. The fourth-order valence-corrected chi connectivity index (χ4v) is 1.94. The molecule has 17 heavy (non-hydrogen) atoms. The molecule has 1 atom stereocenters. The van der Waals surface area contributed by atoms with Crippen molar-refractivity contribution in [3.63, 3.8) is 0 Å². The van der Waals surface area contributed by atoms with Crippen molar-refractivity contribution in [2.45, 2.75) is 19.4 Å². The molecule has 0 bridgehead atoms. The van der Waals surface area contributed by atoms with Gasteiger partial charge in [-0.2, -0.15) is 4.52 Å². The summed E-state index contributed by atoms with van der Waals surface area (Å²) in [7, 11) is 0. The Labute approximate surface area is 98.2 Å². The van der Waals surface area contributed by atoms with Crippen molar-refractivity contribution < 1.29 is 5.11 Å². The summed E-state index contributed by atoms with van der Waals surface area (Å²) in [4.78, 5) is 2.01. The second-order valence-corrected chi connectivity index (χ2v) is 4.18. The molecule has 1 aliphatic heterocycles. The van der Waals surface area contributed by atoms with E-state index in [0.717, 1.165) is 30.0 Å². The summed E-state index contributed by atoms with van der Waals surface area (Å²) in [6.07, 6.45) is 5.61. The molecule has 6 heteroatoms. The van der Waals surface area contributed by atoms with Gasteiger partial charge in [0.2, 0.25) is 0 Å². The van der Waals surface area contributed by atoms with Gasteiger partial charge in [0.15, 0.2) is 11.5 Å². The number of hydrogen-bond donors (Lipinski definition) is 1. The monoisotopic (exact) mass is 231 g/mol. The van der Waals surface area contributed by atoms with Crippen LogP contribution >= 0.6 is 0 Å². The lowest BCUT2D eigenvalue weighted by Crippen LogP contribution is -2.27. The molecule has 0 aliphatic carbocycles. The van der Waals surface area contributed by atoms with Crippen LogP contribution in [0.4, 0.5) is 5.82 Å². The van der Waals surface area contributed by atoms with Gasteiger partial charge in [0.05, 0.1) is 6.10 Å². The standard InChI is InChI=1S/C11H13N5O/c1-8-6-10(14-16-7-12-13-11(8)16)15-4-2-9(17)3-5-15/h2,4,6-7,9,17H,3,5H2,1H3. The second kappa shape index (κ2) is 3.81. The zero-order valence-corrected chi connectivity index (χ0v) is 9.48. The van der Waals surface area contributed by atoms with Gasteiger partial charge in [-0.15, -0.1) is 15.3 Å². The van der Waals surface area contributed by atoms with Crippen LogP contribution in [0.25, 0.3) is 5.65 Å². The Balaban J connectivity index is 2.03. The van der Waals surface area contributed by atoms with Crippen molar-refractivity contribution in [1.29, 1.82) is 0 Å². The number of nitrogens with zero attached hydrogens (tertiary/aromatic N) is 5. The zero-order valence-electron chi connectivity index (χ0n) is 9.48. The van der Waals surface area contributed by atoms with Crippen LogP contribution in [-0.2, 0) is 0 Å². The first-order chi connectivity index (χ1) is 8.24. The maximum absolute atomic E-state index is 9.41. The summed E-state index contributed by atoms with van der Waals surface area (Å²) in [5.74, 6) is 0.845. The highest BCUT2D eigenvalue weighted by atomic mass is 16.3. The third kappa shape index (κ3) is 1.76. The number of fused-ring (bicyclic) bond motifs is 1. The Hall–Kier alpha value is -1.95. The average Bonchev–Trinajstić information content (AvgIpc) is 2.78. The van der Waals surface area contributed by atoms with Gasteiger partial charge in [-0.1, -0.05) is 0 Å². The van der Waals surface area contributed by atoms with Crippen LogP contribution in [0.1, 0.15) is 12.0 Å². The molecule has 88 valence electrons. The minimum absolute atomic E-state index is 0.342. The summed E-state index contributed by atoms with van der Waals surface area (Å²) in [6.45, 7) is 2.75. The lowest BCUT2D eigenvalue weighted by molar-refractivity contribution is 0.210. The molecule has 0 amide bonds. The van der Waals surface area contributed by atoms with Gasteiger partial charge in [-0.25, -0.2) is 0 Å². The molecule has 3 rings (SSSR count). The zero-order chi connectivity index (χ0) is 11.8. The van der Waals surface area contributed by atoms with Crippen molar-refractivity contribution in [3.8, 4) is 0 Å². The predicted octanol–water partition coefficient (Wildman–Crippen LogP) is 0.517. The smallest absolute Gasteiger partial charge is 0.180 e. The van der Waals surface area contributed by atoms with E-state index >= 15 is 0 Å². The molecule has 0 spiro atoms. The van der Waals surface area contributed by atoms with Crippen molar-refractivity contribution in [3.05, 3.63) is 30.2 Å². The van der Waals surface area contributed by atoms with Gasteiger partial charge in [-0.3, -0.25) is 0 Å². The van der Waals surface area contributed by atoms with Gasteiger partial charge >= 0.3 is 0 Å². The Kier molecular flexibility index (Phi) is 2.29. The Morgan fingerprint density at radius 2 is 2.35 bits per heavy atom. The largest absolute Gasteiger partial charge is 0.389 e. The third-order valence-electron chi connectivity index (χ3n) is 2.89.